The molecule has 0 amide bonds. The molecule has 2 aromatic carbocycles. The molecule has 1 N–H and O–H groups in total. The molecule has 2 heterocycles. The molecule has 3 aromatic rings. The fourth-order valence-electron chi connectivity index (χ4n) is 4.48. The number of halogens is 1. The summed E-state index contributed by atoms with van der Waals surface area (Å²) in [4.78, 5) is 6.29. The minimum atomic E-state index is -3.96. The van der Waals surface area contributed by atoms with Crippen LogP contribution < -0.4 is 4.74 Å². The second-order valence-corrected chi connectivity index (χ2v) is 11.3. The van der Waals surface area contributed by atoms with Gasteiger partial charge in [-0.05, 0) is 49.4 Å². The molecule has 4 rings (SSSR count). The Morgan fingerprint density at radius 1 is 1.22 bits per heavy atom. The summed E-state index contributed by atoms with van der Waals surface area (Å²) in [5, 5.41) is 9.82. The first-order valence-electron chi connectivity index (χ1n) is 12.0. The number of aromatic nitrogens is 1. The van der Waals surface area contributed by atoms with Gasteiger partial charge < -0.3 is 9.84 Å². The maximum Gasteiger partial charge on any atom is 0.247 e. The topological polar surface area (TPSA) is 83.0 Å². The number of hydrogen-bond donors (Lipinski definition) is 1. The summed E-state index contributed by atoms with van der Waals surface area (Å²) < 4.78 is 49.6. The van der Waals surface area contributed by atoms with Crippen LogP contribution in [0, 0.1) is 11.7 Å². The third-order valence-corrected chi connectivity index (χ3v) is 8.54. The summed E-state index contributed by atoms with van der Waals surface area (Å²) in [6, 6.07) is 14.3. The van der Waals surface area contributed by atoms with Crippen molar-refractivity contribution in [3.8, 4) is 16.9 Å². The third-order valence-electron chi connectivity index (χ3n) is 6.52. The van der Waals surface area contributed by atoms with E-state index in [4.69, 9.17) is 4.74 Å². The van der Waals surface area contributed by atoms with Gasteiger partial charge in [-0.3, -0.25) is 9.88 Å². The summed E-state index contributed by atoms with van der Waals surface area (Å²) in [6.45, 7) is 4.70. The van der Waals surface area contributed by atoms with Crippen LogP contribution in [0.5, 0.6) is 5.75 Å². The minimum absolute atomic E-state index is 0.00898. The molecule has 0 saturated heterocycles. The van der Waals surface area contributed by atoms with E-state index in [1.165, 1.54) is 16.4 Å². The third kappa shape index (κ3) is 5.59. The molecule has 192 valence electrons. The molecule has 1 aliphatic heterocycles. The van der Waals surface area contributed by atoms with Crippen molar-refractivity contribution in [2.24, 2.45) is 5.92 Å². The van der Waals surface area contributed by atoms with Gasteiger partial charge in [0.25, 0.3) is 0 Å². The SMILES string of the molecule is C[C@@H]1CN([C@H](C)CO)S(=O)(=O)c2ccc(-c3ccccc3F)cc2O[C@H]1CN(C)Cc1cccnc1. The molecular weight excluding hydrogens is 481 g/mol. The first-order valence-corrected chi connectivity index (χ1v) is 13.4. The molecule has 3 atom stereocenters. The Morgan fingerprint density at radius 3 is 2.69 bits per heavy atom. The summed E-state index contributed by atoms with van der Waals surface area (Å²) in [6.07, 6.45) is 3.18. The van der Waals surface area contributed by atoms with Crippen molar-refractivity contribution >= 4 is 10.0 Å². The van der Waals surface area contributed by atoms with Crippen LogP contribution in [0.3, 0.4) is 0 Å². The van der Waals surface area contributed by atoms with Crippen LogP contribution in [0.4, 0.5) is 4.39 Å². The standard InChI is InChI=1S/C27H32FN3O4S/c1-19-15-31(20(2)18-32)36(33,34)27-11-10-22(23-8-4-5-9-24(23)28)13-25(27)35-26(19)17-30(3)16-21-7-6-12-29-14-21/h4-14,19-20,26,32H,15-18H2,1-3H3/t19-,20-,26+/m1/s1. The van der Waals surface area contributed by atoms with Crippen molar-refractivity contribution < 1.29 is 22.7 Å². The molecule has 1 aromatic heterocycles. The van der Waals surface area contributed by atoms with Crippen LogP contribution >= 0.6 is 0 Å². The zero-order valence-corrected chi connectivity index (χ0v) is 21.5. The van der Waals surface area contributed by atoms with Gasteiger partial charge in [-0.15, -0.1) is 0 Å². The highest BCUT2D eigenvalue weighted by atomic mass is 32.2. The first kappa shape index (κ1) is 26.2. The number of likely N-dealkylation sites (N-methyl/N-ethyl adjacent to an activating group) is 1. The Kier molecular flexibility index (Phi) is 8.04. The molecule has 0 radical (unpaired) electrons. The lowest BCUT2D eigenvalue weighted by Gasteiger charge is -2.37. The Morgan fingerprint density at radius 2 is 2.00 bits per heavy atom. The number of rotatable bonds is 7. The van der Waals surface area contributed by atoms with Crippen LogP contribution in [-0.2, 0) is 16.6 Å². The summed E-state index contributed by atoms with van der Waals surface area (Å²) in [5.41, 5.74) is 1.94. The Hall–Kier alpha value is -2.85. The van der Waals surface area contributed by atoms with Crippen molar-refractivity contribution in [3.63, 3.8) is 0 Å². The lowest BCUT2D eigenvalue weighted by atomic mass is 10.0. The maximum absolute atomic E-state index is 14.5. The van der Waals surface area contributed by atoms with E-state index in [1.54, 1.807) is 43.5 Å². The number of aliphatic hydroxyl groups excluding tert-OH is 1. The number of nitrogens with zero attached hydrogens (tertiary/aromatic N) is 3. The molecule has 0 unspecified atom stereocenters. The molecule has 0 saturated carbocycles. The molecular formula is C27H32FN3O4S. The number of ether oxygens (including phenoxy) is 1. The normalized spacial score (nSPS) is 20.7. The summed E-state index contributed by atoms with van der Waals surface area (Å²) >= 11 is 0. The van der Waals surface area contributed by atoms with Crippen LogP contribution in [0.25, 0.3) is 11.1 Å². The highest BCUT2D eigenvalue weighted by Crippen LogP contribution is 2.37. The van der Waals surface area contributed by atoms with Gasteiger partial charge in [0, 0.05) is 49.6 Å². The number of pyridine rings is 1. The van der Waals surface area contributed by atoms with Crippen LogP contribution in [0.2, 0.25) is 0 Å². The largest absolute Gasteiger partial charge is 0.487 e. The van der Waals surface area contributed by atoms with E-state index >= 15 is 0 Å². The second-order valence-electron chi connectivity index (χ2n) is 9.44. The van der Waals surface area contributed by atoms with E-state index in [2.05, 4.69) is 9.88 Å². The Labute approximate surface area is 212 Å². The van der Waals surface area contributed by atoms with E-state index < -0.39 is 21.9 Å². The molecule has 0 aliphatic carbocycles. The van der Waals surface area contributed by atoms with Crippen LogP contribution in [-0.4, -0.2) is 66.6 Å². The zero-order chi connectivity index (χ0) is 25.9. The van der Waals surface area contributed by atoms with Gasteiger partial charge in [-0.2, -0.15) is 4.31 Å². The number of hydrogen-bond acceptors (Lipinski definition) is 6. The zero-order valence-electron chi connectivity index (χ0n) is 20.7. The number of benzene rings is 2. The maximum atomic E-state index is 14.5. The minimum Gasteiger partial charge on any atom is -0.487 e. The van der Waals surface area contributed by atoms with Crippen molar-refractivity contribution in [2.75, 3.05) is 26.7 Å². The molecule has 1 aliphatic rings. The monoisotopic (exact) mass is 513 g/mol. The van der Waals surface area contributed by atoms with Gasteiger partial charge in [-0.1, -0.05) is 37.3 Å². The Bertz CT molecular complexity index is 1290. The van der Waals surface area contributed by atoms with Crippen molar-refractivity contribution in [2.45, 2.75) is 37.4 Å². The molecule has 0 bridgehead atoms. The predicted molar refractivity (Wildman–Crippen MR) is 136 cm³/mol. The molecule has 36 heavy (non-hydrogen) atoms. The van der Waals surface area contributed by atoms with Crippen LogP contribution in [0.1, 0.15) is 19.4 Å². The average molecular weight is 514 g/mol. The van der Waals surface area contributed by atoms with Gasteiger partial charge in [0.1, 0.15) is 22.6 Å². The molecule has 7 nitrogen and oxygen atoms in total. The molecule has 9 heteroatoms. The molecule has 0 fully saturated rings. The lowest BCUT2D eigenvalue weighted by molar-refractivity contribution is 0.0734. The summed E-state index contributed by atoms with van der Waals surface area (Å²) in [7, 11) is -1.99. The fourth-order valence-corrected chi connectivity index (χ4v) is 6.31. The smallest absolute Gasteiger partial charge is 0.247 e. The predicted octanol–water partition coefficient (Wildman–Crippen LogP) is 3.79. The van der Waals surface area contributed by atoms with E-state index in [0.717, 1.165) is 5.56 Å². The quantitative estimate of drug-likeness (QED) is 0.518. The number of fused-ring (bicyclic) bond motifs is 1. The van der Waals surface area contributed by atoms with Crippen molar-refractivity contribution in [1.82, 2.24) is 14.2 Å². The van der Waals surface area contributed by atoms with E-state index in [9.17, 15) is 17.9 Å². The van der Waals surface area contributed by atoms with Gasteiger partial charge in [0.2, 0.25) is 10.0 Å². The summed E-state index contributed by atoms with van der Waals surface area (Å²) in [5.74, 6) is -0.407. The number of aliphatic hydroxyl groups is 1. The van der Waals surface area contributed by atoms with Gasteiger partial charge in [0.15, 0.2) is 0 Å². The highest BCUT2D eigenvalue weighted by Gasteiger charge is 2.38. The average Bonchev–Trinajstić information content (AvgIpc) is 2.86. The van der Waals surface area contributed by atoms with E-state index in [-0.39, 0.29) is 35.8 Å². The van der Waals surface area contributed by atoms with Crippen molar-refractivity contribution in [1.29, 1.82) is 0 Å². The van der Waals surface area contributed by atoms with Crippen molar-refractivity contribution in [3.05, 3.63) is 78.4 Å². The fraction of sp³-hybridized carbons (Fsp3) is 0.370. The van der Waals surface area contributed by atoms with Gasteiger partial charge in [-0.25, -0.2) is 12.8 Å². The Balaban J connectivity index is 1.74. The van der Waals surface area contributed by atoms with E-state index in [1.807, 2.05) is 32.3 Å². The highest BCUT2D eigenvalue weighted by molar-refractivity contribution is 7.89. The lowest BCUT2D eigenvalue weighted by Crippen LogP contribution is -2.49. The van der Waals surface area contributed by atoms with Gasteiger partial charge >= 0.3 is 0 Å². The van der Waals surface area contributed by atoms with Gasteiger partial charge in [0.05, 0.1) is 6.61 Å². The molecule has 0 spiro atoms. The van der Waals surface area contributed by atoms with E-state index in [0.29, 0.717) is 24.2 Å². The first-order chi connectivity index (χ1) is 17.2. The second kappa shape index (κ2) is 11.0. The number of sulfonamides is 1. The van der Waals surface area contributed by atoms with Crippen LogP contribution in [0.15, 0.2) is 71.9 Å².